The minimum atomic E-state index is -0.255. The van der Waals surface area contributed by atoms with Crippen LogP contribution in [0.3, 0.4) is 0 Å². The molecule has 0 fully saturated rings. The molecule has 0 saturated heterocycles. The molecule has 130 valence electrons. The number of halogens is 1. The van der Waals surface area contributed by atoms with Crippen LogP contribution in [-0.4, -0.2) is 42.7 Å². The van der Waals surface area contributed by atoms with Crippen molar-refractivity contribution in [3.8, 4) is 5.75 Å². The maximum atomic E-state index is 12.8. The van der Waals surface area contributed by atoms with Crippen LogP contribution in [0.5, 0.6) is 5.75 Å². The van der Waals surface area contributed by atoms with Crippen molar-refractivity contribution in [3.05, 3.63) is 54.1 Å². The molecule has 0 aliphatic heterocycles. The SMILES string of the molecule is CN=C(NCCCOc1ccc(F)cc1)N(C)Cc1cccn1C. The van der Waals surface area contributed by atoms with Crippen molar-refractivity contribution in [3.63, 3.8) is 0 Å². The fourth-order valence-electron chi connectivity index (χ4n) is 2.36. The fourth-order valence-corrected chi connectivity index (χ4v) is 2.36. The highest BCUT2D eigenvalue weighted by molar-refractivity contribution is 5.79. The number of nitrogens with zero attached hydrogens (tertiary/aromatic N) is 3. The lowest BCUT2D eigenvalue weighted by atomic mass is 10.3. The average molecular weight is 332 g/mol. The van der Waals surface area contributed by atoms with Gasteiger partial charge < -0.3 is 19.5 Å². The van der Waals surface area contributed by atoms with Crippen LogP contribution in [0.15, 0.2) is 47.6 Å². The summed E-state index contributed by atoms with van der Waals surface area (Å²) in [4.78, 5) is 6.38. The van der Waals surface area contributed by atoms with E-state index in [2.05, 4.69) is 25.8 Å². The van der Waals surface area contributed by atoms with Crippen LogP contribution in [0, 0.1) is 5.82 Å². The second kappa shape index (κ2) is 8.96. The van der Waals surface area contributed by atoms with E-state index < -0.39 is 0 Å². The number of nitrogens with one attached hydrogen (secondary N) is 1. The number of benzene rings is 1. The van der Waals surface area contributed by atoms with Gasteiger partial charge in [0.05, 0.1) is 13.2 Å². The zero-order valence-corrected chi connectivity index (χ0v) is 14.5. The first kappa shape index (κ1) is 17.8. The standard InChI is InChI=1S/C18H25FN4O/c1-20-18(23(3)14-16-6-4-12-22(16)2)21-11-5-13-24-17-9-7-15(19)8-10-17/h4,6-10,12H,5,11,13-14H2,1-3H3,(H,20,21). The Morgan fingerprint density at radius 2 is 2.04 bits per heavy atom. The molecule has 1 aromatic heterocycles. The third-order valence-corrected chi connectivity index (χ3v) is 3.71. The van der Waals surface area contributed by atoms with Crippen molar-refractivity contribution < 1.29 is 9.13 Å². The zero-order valence-electron chi connectivity index (χ0n) is 14.5. The van der Waals surface area contributed by atoms with Crippen molar-refractivity contribution >= 4 is 5.96 Å². The second-order valence-corrected chi connectivity index (χ2v) is 5.60. The first-order valence-corrected chi connectivity index (χ1v) is 8.00. The molecule has 0 aliphatic carbocycles. The molecule has 0 radical (unpaired) electrons. The van der Waals surface area contributed by atoms with Gasteiger partial charge in [0.15, 0.2) is 5.96 Å². The van der Waals surface area contributed by atoms with Gasteiger partial charge in [-0.25, -0.2) is 4.39 Å². The van der Waals surface area contributed by atoms with E-state index >= 15 is 0 Å². The molecule has 0 spiro atoms. The predicted octanol–water partition coefficient (Wildman–Crippen LogP) is 2.64. The Balaban J connectivity index is 1.69. The summed E-state index contributed by atoms with van der Waals surface area (Å²) < 4.78 is 20.5. The second-order valence-electron chi connectivity index (χ2n) is 5.60. The van der Waals surface area contributed by atoms with Crippen LogP contribution in [-0.2, 0) is 13.6 Å². The van der Waals surface area contributed by atoms with Gasteiger partial charge in [0.2, 0.25) is 0 Å². The van der Waals surface area contributed by atoms with Crippen LogP contribution in [0.4, 0.5) is 4.39 Å². The molecule has 0 atom stereocenters. The van der Waals surface area contributed by atoms with Crippen molar-refractivity contribution in [1.29, 1.82) is 0 Å². The van der Waals surface area contributed by atoms with E-state index in [0.29, 0.717) is 12.4 Å². The highest BCUT2D eigenvalue weighted by Gasteiger charge is 2.07. The molecule has 0 bridgehead atoms. The Labute approximate surface area is 142 Å². The number of hydrogen-bond donors (Lipinski definition) is 1. The Kier molecular flexibility index (Phi) is 6.66. The van der Waals surface area contributed by atoms with Crippen molar-refractivity contribution in [2.75, 3.05) is 27.2 Å². The van der Waals surface area contributed by atoms with Gasteiger partial charge in [-0.3, -0.25) is 4.99 Å². The quantitative estimate of drug-likeness (QED) is 0.481. The molecule has 0 aliphatic rings. The zero-order chi connectivity index (χ0) is 17.4. The molecule has 1 aromatic carbocycles. The highest BCUT2D eigenvalue weighted by atomic mass is 19.1. The summed E-state index contributed by atoms with van der Waals surface area (Å²) in [5.41, 5.74) is 1.22. The van der Waals surface area contributed by atoms with Gasteiger partial charge in [-0.15, -0.1) is 0 Å². The van der Waals surface area contributed by atoms with E-state index in [-0.39, 0.29) is 5.82 Å². The molecule has 0 amide bonds. The van der Waals surface area contributed by atoms with Gasteiger partial charge in [0, 0.05) is 39.6 Å². The normalized spacial score (nSPS) is 11.4. The summed E-state index contributed by atoms with van der Waals surface area (Å²) in [7, 11) is 5.82. The van der Waals surface area contributed by atoms with Crippen LogP contribution < -0.4 is 10.1 Å². The summed E-state index contributed by atoms with van der Waals surface area (Å²) in [5, 5.41) is 3.32. The van der Waals surface area contributed by atoms with E-state index in [4.69, 9.17) is 4.74 Å². The minimum absolute atomic E-state index is 0.255. The van der Waals surface area contributed by atoms with Gasteiger partial charge in [0.1, 0.15) is 11.6 Å². The molecule has 2 aromatic rings. The minimum Gasteiger partial charge on any atom is -0.494 e. The van der Waals surface area contributed by atoms with Gasteiger partial charge in [-0.1, -0.05) is 0 Å². The van der Waals surface area contributed by atoms with Crippen LogP contribution in [0.1, 0.15) is 12.1 Å². The van der Waals surface area contributed by atoms with E-state index in [9.17, 15) is 4.39 Å². The maximum absolute atomic E-state index is 12.8. The third kappa shape index (κ3) is 5.30. The number of hydrogen-bond acceptors (Lipinski definition) is 2. The number of aliphatic imine (C=N–C) groups is 1. The summed E-state index contributed by atoms with van der Waals surface area (Å²) >= 11 is 0. The fraction of sp³-hybridized carbons (Fsp3) is 0.389. The molecule has 6 heteroatoms. The molecule has 0 unspecified atom stereocenters. The molecular weight excluding hydrogens is 307 g/mol. The van der Waals surface area contributed by atoms with Crippen LogP contribution in [0.2, 0.25) is 0 Å². The highest BCUT2D eigenvalue weighted by Crippen LogP contribution is 2.11. The van der Waals surface area contributed by atoms with E-state index in [1.165, 1.54) is 17.8 Å². The Morgan fingerprint density at radius 3 is 2.67 bits per heavy atom. The lowest BCUT2D eigenvalue weighted by Gasteiger charge is -2.22. The average Bonchev–Trinajstić information content (AvgIpc) is 2.97. The molecule has 24 heavy (non-hydrogen) atoms. The molecule has 2 rings (SSSR count). The van der Waals surface area contributed by atoms with Gasteiger partial charge in [-0.2, -0.15) is 0 Å². The lowest BCUT2D eigenvalue weighted by Crippen LogP contribution is -2.39. The third-order valence-electron chi connectivity index (χ3n) is 3.71. The largest absolute Gasteiger partial charge is 0.494 e. The predicted molar refractivity (Wildman–Crippen MR) is 94.8 cm³/mol. The number of rotatable bonds is 7. The van der Waals surface area contributed by atoms with Gasteiger partial charge in [-0.05, 0) is 42.8 Å². The van der Waals surface area contributed by atoms with E-state index in [1.807, 2.05) is 26.4 Å². The first-order chi connectivity index (χ1) is 11.6. The first-order valence-electron chi connectivity index (χ1n) is 8.00. The Bertz CT molecular complexity index is 651. The summed E-state index contributed by atoms with van der Waals surface area (Å²) in [5.74, 6) is 1.27. The lowest BCUT2D eigenvalue weighted by molar-refractivity contribution is 0.309. The van der Waals surface area contributed by atoms with Crippen LogP contribution >= 0.6 is 0 Å². The smallest absolute Gasteiger partial charge is 0.193 e. The van der Waals surface area contributed by atoms with Crippen LogP contribution in [0.25, 0.3) is 0 Å². The van der Waals surface area contributed by atoms with Crippen molar-refractivity contribution in [1.82, 2.24) is 14.8 Å². The van der Waals surface area contributed by atoms with Crippen molar-refractivity contribution in [2.24, 2.45) is 12.0 Å². The Morgan fingerprint density at radius 1 is 1.29 bits per heavy atom. The number of aryl methyl sites for hydroxylation is 1. The number of ether oxygens (including phenoxy) is 1. The van der Waals surface area contributed by atoms with Gasteiger partial charge >= 0.3 is 0 Å². The summed E-state index contributed by atoms with van der Waals surface area (Å²) in [6, 6.07) is 10.2. The summed E-state index contributed by atoms with van der Waals surface area (Å²) in [6.45, 7) is 2.11. The Hall–Kier alpha value is -2.50. The molecule has 1 N–H and O–H groups in total. The maximum Gasteiger partial charge on any atom is 0.193 e. The topological polar surface area (TPSA) is 41.8 Å². The molecular formula is C18H25FN4O. The molecule has 5 nitrogen and oxygen atoms in total. The monoisotopic (exact) mass is 332 g/mol. The molecule has 0 saturated carbocycles. The van der Waals surface area contributed by atoms with E-state index in [0.717, 1.165) is 25.5 Å². The van der Waals surface area contributed by atoms with Crippen molar-refractivity contribution in [2.45, 2.75) is 13.0 Å². The number of aromatic nitrogens is 1. The van der Waals surface area contributed by atoms with E-state index in [1.54, 1.807) is 19.2 Å². The number of guanidine groups is 1. The van der Waals surface area contributed by atoms with Gasteiger partial charge in [0.25, 0.3) is 0 Å². The molecule has 1 heterocycles. The summed E-state index contributed by atoms with van der Waals surface area (Å²) in [6.07, 6.45) is 2.86.